The van der Waals surface area contributed by atoms with E-state index in [0.29, 0.717) is 16.6 Å². The molecule has 32 heavy (non-hydrogen) atoms. The molecule has 0 radical (unpaired) electrons. The molecular formula is C23H22N2O5S2. The number of fused-ring (bicyclic) bond motifs is 1. The smallest absolute Gasteiger partial charge is 0.260 e. The van der Waals surface area contributed by atoms with Gasteiger partial charge in [-0.25, -0.2) is 13.4 Å². The van der Waals surface area contributed by atoms with Crippen LogP contribution in [0.25, 0.3) is 10.2 Å². The monoisotopic (exact) mass is 470 g/mol. The molecule has 7 nitrogen and oxygen atoms in total. The van der Waals surface area contributed by atoms with Crippen LogP contribution < -0.4 is 9.64 Å². The highest BCUT2D eigenvalue weighted by atomic mass is 32.2. The lowest BCUT2D eigenvalue weighted by Crippen LogP contribution is -2.30. The largest absolute Gasteiger partial charge is 0.497 e. The number of aromatic nitrogens is 1. The molecule has 4 aromatic rings. The average Bonchev–Trinajstić information content (AvgIpc) is 3.45. The van der Waals surface area contributed by atoms with Crippen LogP contribution in [0.15, 0.2) is 70.2 Å². The molecule has 0 saturated carbocycles. The van der Waals surface area contributed by atoms with Crippen LogP contribution in [0.5, 0.6) is 5.75 Å². The van der Waals surface area contributed by atoms with Crippen molar-refractivity contribution in [3.63, 3.8) is 0 Å². The number of ether oxygens (including phenoxy) is 1. The quantitative estimate of drug-likeness (QED) is 0.381. The molecule has 0 bridgehead atoms. The second-order valence-electron chi connectivity index (χ2n) is 7.42. The summed E-state index contributed by atoms with van der Waals surface area (Å²) in [5.74, 6) is 0.914. The maximum atomic E-state index is 13.6. The third-order valence-corrected chi connectivity index (χ3v) is 8.18. The Labute approximate surface area is 190 Å². The third kappa shape index (κ3) is 4.26. The zero-order chi connectivity index (χ0) is 22.9. The van der Waals surface area contributed by atoms with Crippen LogP contribution >= 0.6 is 11.3 Å². The first-order valence-corrected chi connectivity index (χ1v) is 12.3. The highest BCUT2D eigenvalue weighted by Gasteiger charge is 2.25. The number of carbonyl (C=O) groups is 1. The van der Waals surface area contributed by atoms with Crippen LogP contribution in [0, 0.1) is 0 Å². The second kappa shape index (κ2) is 8.76. The SMILES string of the molecule is COc1ccc2nc(N(Cc3ccco3)C(=O)c3cccc(S(=O)(=O)C(C)C)c3)sc2c1. The maximum absolute atomic E-state index is 13.6. The van der Waals surface area contributed by atoms with E-state index in [0.717, 1.165) is 10.2 Å². The van der Waals surface area contributed by atoms with Gasteiger partial charge in [0.25, 0.3) is 5.91 Å². The molecule has 0 fully saturated rings. The van der Waals surface area contributed by atoms with Gasteiger partial charge < -0.3 is 9.15 Å². The zero-order valence-electron chi connectivity index (χ0n) is 17.8. The van der Waals surface area contributed by atoms with Gasteiger partial charge in [0.1, 0.15) is 11.5 Å². The Morgan fingerprint density at radius 2 is 1.97 bits per heavy atom. The summed E-state index contributed by atoms with van der Waals surface area (Å²) in [7, 11) is -1.93. The van der Waals surface area contributed by atoms with Gasteiger partial charge in [0.15, 0.2) is 15.0 Å². The molecule has 0 aliphatic rings. The number of anilines is 1. The van der Waals surface area contributed by atoms with Crippen molar-refractivity contribution in [2.75, 3.05) is 12.0 Å². The van der Waals surface area contributed by atoms with Gasteiger partial charge in [0, 0.05) is 5.56 Å². The lowest BCUT2D eigenvalue weighted by atomic mass is 10.2. The Hall–Kier alpha value is -3.17. The van der Waals surface area contributed by atoms with Crippen molar-refractivity contribution in [1.29, 1.82) is 0 Å². The Balaban J connectivity index is 1.77. The summed E-state index contributed by atoms with van der Waals surface area (Å²) in [6, 6.07) is 15.1. The Bertz CT molecular complexity index is 1360. The van der Waals surface area contributed by atoms with E-state index in [1.54, 1.807) is 45.2 Å². The van der Waals surface area contributed by atoms with Gasteiger partial charge in [-0.1, -0.05) is 17.4 Å². The molecule has 9 heteroatoms. The van der Waals surface area contributed by atoms with Crippen molar-refractivity contribution in [1.82, 2.24) is 4.98 Å². The first-order valence-electron chi connectivity index (χ1n) is 9.92. The van der Waals surface area contributed by atoms with Crippen LogP contribution in [0.4, 0.5) is 5.13 Å². The standard InChI is InChI=1S/C23H22N2O5S2/c1-15(2)32(27,28)19-8-4-6-16(12-19)22(26)25(14-18-7-5-11-30-18)23-24-20-10-9-17(29-3)13-21(20)31-23/h4-13,15H,14H2,1-3H3. The van der Waals surface area contributed by atoms with Crippen LogP contribution in [-0.2, 0) is 16.4 Å². The lowest BCUT2D eigenvalue weighted by Gasteiger charge is -2.19. The molecule has 0 unspecified atom stereocenters. The predicted octanol–water partition coefficient (Wildman–Crippen LogP) is 4.93. The number of thiazole rings is 1. The summed E-state index contributed by atoms with van der Waals surface area (Å²) >= 11 is 1.35. The number of rotatable bonds is 7. The maximum Gasteiger partial charge on any atom is 0.260 e. The number of hydrogen-bond acceptors (Lipinski definition) is 7. The number of methoxy groups -OCH3 is 1. The van der Waals surface area contributed by atoms with Crippen molar-refractivity contribution in [3.8, 4) is 5.75 Å². The number of furan rings is 1. The number of hydrogen-bond donors (Lipinski definition) is 0. The molecule has 2 aromatic carbocycles. The van der Waals surface area contributed by atoms with Crippen molar-refractivity contribution < 1.29 is 22.4 Å². The number of carbonyl (C=O) groups excluding carboxylic acids is 1. The molecule has 2 aromatic heterocycles. The summed E-state index contributed by atoms with van der Waals surface area (Å²) < 4.78 is 36.8. The summed E-state index contributed by atoms with van der Waals surface area (Å²) in [6.45, 7) is 3.38. The Kier molecular flexibility index (Phi) is 6.03. The minimum atomic E-state index is -3.52. The fraction of sp³-hybridized carbons (Fsp3) is 0.217. The van der Waals surface area contributed by atoms with Crippen LogP contribution in [0.1, 0.15) is 30.0 Å². The highest BCUT2D eigenvalue weighted by molar-refractivity contribution is 7.92. The Morgan fingerprint density at radius 1 is 1.16 bits per heavy atom. The first-order chi connectivity index (χ1) is 15.3. The van der Waals surface area contributed by atoms with Gasteiger partial charge in [-0.2, -0.15) is 0 Å². The van der Waals surface area contributed by atoms with Crippen molar-refractivity contribution in [3.05, 3.63) is 72.2 Å². The number of benzene rings is 2. The van der Waals surface area contributed by atoms with E-state index >= 15 is 0 Å². The molecule has 0 aliphatic heterocycles. The van der Waals surface area contributed by atoms with E-state index in [1.165, 1.54) is 34.6 Å². The molecule has 0 N–H and O–H groups in total. The van der Waals surface area contributed by atoms with E-state index < -0.39 is 15.1 Å². The van der Waals surface area contributed by atoms with Crippen LogP contribution in [-0.4, -0.2) is 31.7 Å². The molecule has 1 amide bonds. The molecule has 0 saturated heterocycles. The highest BCUT2D eigenvalue weighted by Crippen LogP contribution is 2.33. The number of sulfone groups is 1. The fourth-order valence-electron chi connectivity index (χ4n) is 3.15. The molecule has 2 heterocycles. The van der Waals surface area contributed by atoms with Crippen molar-refractivity contribution in [2.24, 2.45) is 0 Å². The van der Waals surface area contributed by atoms with Gasteiger partial charge >= 0.3 is 0 Å². The lowest BCUT2D eigenvalue weighted by molar-refractivity contribution is 0.0983. The van der Waals surface area contributed by atoms with Crippen molar-refractivity contribution in [2.45, 2.75) is 30.5 Å². The predicted molar refractivity (Wildman–Crippen MR) is 124 cm³/mol. The van der Waals surface area contributed by atoms with Gasteiger partial charge in [-0.15, -0.1) is 0 Å². The average molecular weight is 471 g/mol. The van der Waals surface area contributed by atoms with E-state index in [-0.39, 0.29) is 22.9 Å². The summed E-state index contributed by atoms with van der Waals surface area (Å²) in [6.07, 6.45) is 1.54. The second-order valence-corrected chi connectivity index (χ2v) is 10.9. The molecule has 0 aliphatic carbocycles. The third-order valence-electron chi connectivity index (χ3n) is 4.98. The zero-order valence-corrected chi connectivity index (χ0v) is 19.4. The van der Waals surface area contributed by atoms with Gasteiger partial charge in [0.2, 0.25) is 0 Å². The van der Waals surface area contributed by atoms with Crippen LogP contribution in [0.2, 0.25) is 0 Å². The van der Waals surface area contributed by atoms with Crippen molar-refractivity contribution >= 4 is 42.4 Å². The number of amides is 1. The normalized spacial score (nSPS) is 11.8. The molecule has 0 atom stereocenters. The topological polar surface area (TPSA) is 89.7 Å². The van der Waals surface area contributed by atoms with E-state index in [2.05, 4.69) is 4.98 Å². The van der Waals surface area contributed by atoms with Gasteiger partial charge in [-0.3, -0.25) is 9.69 Å². The van der Waals surface area contributed by atoms with E-state index in [9.17, 15) is 13.2 Å². The van der Waals surface area contributed by atoms with Crippen LogP contribution in [0.3, 0.4) is 0 Å². The fourth-order valence-corrected chi connectivity index (χ4v) is 5.25. The van der Waals surface area contributed by atoms with Gasteiger partial charge in [0.05, 0.1) is 40.3 Å². The summed E-state index contributed by atoms with van der Waals surface area (Å²) in [5, 5.41) is -0.113. The molecule has 0 spiro atoms. The molecular weight excluding hydrogens is 448 g/mol. The first kappa shape index (κ1) is 22.0. The summed E-state index contributed by atoms with van der Waals surface area (Å²) in [5.41, 5.74) is 0.995. The minimum absolute atomic E-state index is 0.116. The minimum Gasteiger partial charge on any atom is -0.497 e. The molecule has 166 valence electrons. The molecule has 4 rings (SSSR count). The van der Waals surface area contributed by atoms with Gasteiger partial charge in [-0.05, 0) is 62.4 Å². The van der Waals surface area contributed by atoms with E-state index in [1.807, 2.05) is 18.2 Å². The number of nitrogens with zero attached hydrogens (tertiary/aromatic N) is 2. The van der Waals surface area contributed by atoms with E-state index in [4.69, 9.17) is 9.15 Å². The Morgan fingerprint density at radius 3 is 2.66 bits per heavy atom. The summed E-state index contributed by atoms with van der Waals surface area (Å²) in [4.78, 5) is 19.8.